The van der Waals surface area contributed by atoms with E-state index in [1.54, 1.807) is 18.2 Å². The zero-order chi connectivity index (χ0) is 14.9. The van der Waals surface area contributed by atoms with Gasteiger partial charge in [0, 0.05) is 24.3 Å². The molecule has 2 saturated heterocycles. The first-order valence-electron chi connectivity index (χ1n) is 7.37. The summed E-state index contributed by atoms with van der Waals surface area (Å²) in [5.41, 5.74) is 7.77. The molecule has 2 heterocycles. The van der Waals surface area contributed by atoms with Crippen LogP contribution in [0.15, 0.2) is 18.2 Å². The van der Waals surface area contributed by atoms with Crippen molar-refractivity contribution < 1.29 is 14.3 Å². The van der Waals surface area contributed by atoms with E-state index >= 15 is 0 Å². The van der Waals surface area contributed by atoms with Gasteiger partial charge < -0.3 is 15.2 Å². The number of hydrogen-bond donors (Lipinski definition) is 1. The van der Waals surface area contributed by atoms with Crippen molar-refractivity contribution in [2.45, 2.75) is 37.9 Å². The van der Waals surface area contributed by atoms with Crippen molar-refractivity contribution in [2.24, 2.45) is 0 Å². The van der Waals surface area contributed by atoms with E-state index < -0.39 is 0 Å². The van der Waals surface area contributed by atoms with Gasteiger partial charge in [0.2, 0.25) is 0 Å². The Morgan fingerprint density at radius 2 is 2.38 bits per heavy atom. The second-order valence-electron chi connectivity index (χ2n) is 5.87. The first kappa shape index (κ1) is 14.7. The molecule has 3 rings (SSSR count). The van der Waals surface area contributed by atoms with Crippen LogP contribution in [-0.2, 0) is 9.47 Å². The molecule has 0 aromatic heterocycles. The number of carbonyl (C=O) groups is 1. The second kappa shape index (κ2) is 5.89. The number of hydrogen-bond acceptors (Lipinski definition) is 5. The molecular formula is C16H21NO3S. The van der Waals surface area contributed by atoms with E-state index in [1.165, 1.54) is 0 Å². The number of esters is 1. The fourth-order valence-corrected chi connectivity index (χ4v) is 4.41. The minimum Gasteiger partial charge on any atom is -0.459 e. The maximum Gasteiger partial charge on any atom is 0.338 e. The summed E-state index contributed by atoms with van der Waals surface area (Å²) in [6, 6.07) is 5.36. The topological polar surface area (TPSA) is 61.6 Å². The lowest BCUT2D eigenvalue weighted by Crippen LogP contribution is -2.43. The lowest BCUT2D eigenvalue weighted by Gasteiger charge is -2.37. The van der Waals surface area contributed by atoms with E-state index in [0.29, 0.717) is 17.9 Å². The van der Waals surface area contributed by atoms with Crippen molar-refractivity contribution >= 4 is 23.4 Å². The van der Waals surface area contributed by atoms with Crippen molar-refractivity contribution in [3.05, 3.63) is 29.3 Å². The SMILES string of the molecule is Cc1c(N)cccc1C(=O)OC1CCOC2(CCSC2)C1. The summed E-state index contributed by atoms with van der Waals surface area (Å²) in [7, 11) is 0. The average molecular weight is 307 g/mol. The lowest BCUT2D eigenvalue weighted by atomic mass is 9.91. The summed E-state index contributed by atoms with van der Waals surface area (Å²) in [5.74, 6) is 1.88. The van der Waals surface area contributed by atoms with Crippen LogP contribution in [0.4, 0.5) is 5.69 Å². The van der Waals surface area contributed by atoms with E-state index in [-0.39, 0.29) is 17.7 Å². The molecule has 0 radical (unpaired) electrons. The summed E-state index contributed by atoms with van der Waals surface area (Å²) in [5, 5.41) is 0. The van der Waals surface area contributed by atoms with E-state index in [4.69, 9.17) is 15.2 Å². The molecule has 0 bridgehead atoms. The predicted molar refractivity (Wildman–Crippen MR) is 84.7 cm³/mol. The molecule has 0 aliphatic carbocycles. The third-order valence-corrected chi connectivity index (χ3v) is 5.61. The molecular weight excluding hydrogens is 286 g/mol. The summed E-state index contributed by atoms with van der Waals surface area (Å²) < 4.78 is 11.7. The molecule has 2 aliphatic heterocycles. The molecule has 5 heteroatoms. The molecule has 21 heavy (non-hydrogen) atoms. The Bertz CT molecular complexity index is 540. The lowest BCUT2D eigenvalue weighted by molar-refractivity contribution is -0.106. The number of nitrogen functional groups attached to an aromatic ring is 1. The van der Waals surface area contributed by atoms with Crippen LogP contribution in [0.2, 0.25) is 0 Å². The fraction of sp³-hybridized carbons (Fsp3) is 0.562. The van der Waals surface area contributed by atoms with Crippen molar-refractivity contribution in [3.8, 4) is 0 Å². The molecule has 2 aliphatic rings. The number of thioether (sulfide) groups is 1. The fourth-order valence-electron chi connectivity index (χ4n) is 3.04. The molecule has 4 nitrogen and oxygen atoms in total. The van der Waals surface area contributed by atoms with Gasteiger partial charge in [-0.2, -0.15) is 11.8 Å². The van der Waals surface area contributed by atoms with E-state index in [9.17, 15) is 4.79 Å². The smallest absolute Gasteiger partial charge is 0.338 e. The van der Waals surface area contributed by atoms with Crippen LogP contribution >= 0.6 is 11.8 Å². The van der Waals surface area contributed by atoms with E-state index in [2.05, 4.69) is 0 Å². The van der Waals surface area contributed by atoms with Crippen molar-refractivity contribution in [1.29, 1.82) is 0 Å². The summed E-state index contributed by atoms with van der Waals surface area (Å²) >= 11 is 1.92. The van der Waals surface area contributed by atoms with E-state index in [1.807, 2.05) is 18.7 Å². The van der Waals surface area contributed by atoms with Crippen LogP contribution in [0.1, 0.15) is 35.2 Å². The first-order chi connectivity index (χ1) is 10.1. The maximum absolute atomic E-state index is 12.4. The standard InChI is InChI=1S/C16H21NO3S/c1-11-13(3-2-4-14(11)17)15(18)20-12-5-7-19-16(9-12)6-8-21-10-16/h2-4,12H,5-10,17H2,1H3. The van der Waals surface area contributed by atoms with Crippen molar-refractivity contribution in [3.63, 3.8) is 0 Å². The predicted octanol–water partition coefficient (Wildman–Crippen LogP) is 2.79. The van der Waals surface area contributed by atoms with Gasteiger partial charge in [-0.25, -0.2) is 4.79 Å². The van der Waals surface area contributed by atoms with Gasteiger partial charge in [-0.1, -0.05) is 6.07 Å². The number of benzene rings is 1. The molecule has 2 atom stereocenters. The van der Waals surface area contributed by atoms with Gasteiger partial charge in [0.25, 0.3) is 0 Å². The van der Waals surface area contributed by atoms with Crippen LogP contribution in [0.3, 0.4) is 0 Å². The van der Waals surface area contributed by atoms with Gasteiger partial charge in [-0.05, 0) is 36.8 Å². The summed E-state index contributed by atoms with van der Waals surface area (Å²) in [4.78, 5) is 12.4. The highest BCUT2D eigenvalue weighted by atomic mass is 32.2. The molecule has 0 saturated carbocycles. The summed E-state index contributed by atoms with van der Waals surface area (Å²) in [6.07, 6.45) is 2.60. The van der Waals surface area contributed by atoms with Crippen molar-refractivity contribution in [1.82, 2.24) is 0 Å². The molecule has 114 valence electrons. The first-order valence-corrected chi connectivity index (χ1v) is 8.53. The zero-order valence-corrected chi connectivity index (χ0v) is 13.1. The Kier molecular flexibility index (Phi) is 4.13. The minimum atomic E-state index is -0.271. The molecule has 2 unspecified atom stereocenters. The highest BCUT2D eigenvalue weighted by molar-refractivity contribution is 7.99. The van der Waals surface area contributed by atoms with Crippen LogP contribution in [0.5, 0.6) is 0 Å². The molecule has 2 N–H and O–H groups in total. The Morgan fingerprint density at radius 3 is 3.14 bits per heavy atom. The van der Waals surface area contributed by atoms with Gasteiger partial charge in [0.15, 0.2) is 0 Å². The Hall–Kier alpha value is -1.20. The maximum atomic E-state index is 12.4. The monoisotopic (exact) mass is 307 g/mol. The number of ether oxygens (including phenoxy) is 2. The molecule has 1 aromatic rings. The number of anilines is 1. The van der Waals surface area contributed by atoms with Crippen LogP contribution < -0.4 is 5.73 Å². The molecule has 0 amide bonds. The number of carbonyl (C=O) groups excluding carboxylic acids is 1. The van der Waals surface area contributed by atoms with Crippen molar-refractivity contribution in [2.75, 3.05) is 23.8 Å². The largest absolute Gasteiger partial charge is 0.459 e. The van der Waals surface area contributed by atoms with Gasteiger partial charge in [-0.15, -0.1) is 0 Å². The van der Waals surface area contributed by atoms with Crippen LogP contribution in [0, 0.1) is 6.92 Å². The highest BCUT2D eigenvalue weighted by Gasteiger charge is 2.41. The van der Waals surface area contributed by atoms with E-state index in [0.717, 1.165) is 36.3 Å². The Morgan fingerprint density at radius 1 is 1.52 bits per heavy atom. The highest BCUT2D eigenvalue weighted by Crippen LogP contribution is 2.39. The molecule has 1 spiro atoms. The van der Waals surface area contributed by atoms with Gasteiger partial charge >= 0.3 is 5.97 Å². The molecule has 1 aromatic carbocycles. The third kappa shape index (κ3) is 3.04. The normalized spacial score (nSPS) is 28.7. The second-order valence-corrected chi connectivity index (χ2v) is 6.98. The van der Waals surface area contributed by atoms with Gasteiger partial charge in [0.05, 0.1) is 17.8 Å². The Labute approximate surface area is 129 Å². The average Bonchev–Trinajstić information content (AvgIpc) is 2.89. The van der Waals surface area contributed by atoms with Crippen LogP contribution in [0.25, 0.3) is 0 Å². The quantitative estimate of drug-likeness (QED) is 0.672. The summed E-state index contributed by atoms with van der Waals surface area (Å²) in [6.45, 7) is 2.53. The third-order valence-electron chi connectivity index (χ3n) is 4.38. The zero-order valence-electron chi connectivity index (χ0n) is 12.3. The minimum absolute atomic E-state index is 0.0502. The van der Waals surface area contributed by atoms with Crippen LogP contribution in [-0.4, -0.2) is 35.8 Å². The number of nitrogens with two attached hydrogens (primary N) is 1. The van der Waals surface area contributed by atoms with Gasteiger partial charge in [-0.3, -0.25) is 0 Å². The van der Waals surface area contributed by atoms with Gasteiger partial charge in [0.1, 0.15) is 6.10 Å². The molecule has 2 fully saturated rings. The number of rotatable bonds is 2. The Balaban J connectivity index is 1.68.